The quantitative estimate of drug-likeness (QED) is 0.715. The zero-order valence-electron chi connectivity index (χ0n) is 14.7. The average Bonchev–Trinajstić information content (AvgIpc) is 2.98. The molecule has 1 unspecified atom stereocenters. The molecule has 2 aromatic rings. The molecule has 0 spiro atoms. The molecule has 4 amide bonds. The van der Waals surface area contributed by atoms with E-state index in [1.54, 1.807) is 30.3 Å². The molecule has 1 atom stereocenters. The molecule has 2 aromatic carbocycles. The van der Waals surface area contributed by atoms with E-state index in [-0.39, 0.29) is 30.7 Å². The Balaban J connectivity index is 1.53. The average molecular weight is 442 g/mol. The molecular weight excluding hydrogens is 426 g/mol. The van der Waals surface area contributed by atoms with E-state index in [9.17, 15) is 19.2 Å². The van der Waals surface area contributed by atoms with Gasteiger partial charge in [-0.15, -0.1) is 0 Å². The van der Waals surface area contributed by atoms with Gasteiger partial charge in [0.05, 0.1) is 0 Å². The third-order valence-electron chi connectivity index (χ3n) is 4.87. The lowest BCUT2D eigenvalue weighted by Crippen LogP contribution is -2.52. The Bertz CT molecular complexity index is 1020. The van der Waals surface area contributed by atoms with Crippen molar-refractivity contribution < 1.29 is 19.2 Å². The zero-order valence-corrected chi connectivity index (χ0v) is 16.3. The number of carbonyl (C=O) groups is 4. The normalized spacial score (nSPS) is 18.7. The first-order chi connectivity index (χ1) is 13.4. The van der Waals surface area contributed by atoms with Crippen molar-refractivity contribution in [2.75, 3.05) is 5.32 Å². The number of fused-ring (bicyclic) bond motifs is 1. The van der Waals surface area contributed by atoms with Crippen LogP contribution in [0.15, 0.2) is 46.9 Å². The Morgan fingerprint density at radius 2 is 1.96 bits per heavy atom. The van der Waals surface area contributed by atoms with Crippen molar-refractivity contribution in [3.05, 3.63) is 63.6 Å². The van der Waals surface area contributed by atoms with E-state index in [2.05, 4.69) is 26.6 Å². The maximum atomic E-state index is 12.8. The van der Waals surface area contributed by atoms with Gasteiger partial charge in [-0.1, -0.05) is 28.1 Å². The van der Waals surface area contributed by atoms with Crippen molar-refractivity contribution in [1.29, 1.82) is 0 Å². The molecule has 1 saturated heterocycles. The summed E-state index contributed by atoms with van der Waals surface area (Å²) >= 11 is 3.35. The number of amides is 4. The van der Waals surface area contributed by atoms with Gasteiger partial charge in [-0.25, -0.2) is 0 Å². The van der Waals surface area contributed by atoms with Crippen molar-refractivity contribution in [1.82, 2.24) is 10.2 Å². The molecule has 2 heterocycles. The Labute approximate surface area is 169 Å². The van der Waals surface area contributed by atoms with Crippen molar-refractivity contribution in [3.63, 3.8) is 0 Å². The van der Waals surface area contributed by atoms with Gasteiger partial charge in [0.2, 0.25) is 11.8 Å². The van der Waals surface area contributed by atoms with Crippen molar-refractivity contribution in [2.45, 2.75) is 25.4 Å². The van der Waals surface area contributed by atoms with Crippen LogP contribution in [-0.2, 0) is 16.1 Å². The highest BCUT2D eigenvalue weighted by molar-refractivity contribution is 9.10. The third-order valence-corrected chi connectivity index (χ3v) is 5.37. The van der Waals surface area contributed by atoms with Crippen LogP contribution >= 0.6 is 15.9 Å². The molecule has 1 fully saturated rings. The molecule has 0 aromatic heterocycles. The molecule has 0 bridgehead atoms. The van der Waals surface area contributed by atoms with Crippen LogP contribution in [0.1, 0.15) is 39.1 Å². The van der Waals surface area contributed by atoms with Crippen LogP contribution in [-0.4, -0.2) is 34.6 Å². The van der Waals surface area contributed by atoms with E-state index in [0.717, 1.165) is 10.0 Å². The monoisotopic (exact) mass is 441 g/mol. The number of benzene rings is 2. The summed E-state index contributed by atoms with van der Waals surface area (Å²) in [6.07, 6.45) is 0.511. The topological polar surface area (TPSA) is 95.6 Å². The fourth-order valence-electron chi connectivity index (χ4n) is 3.47. The Morgan fingerprint density at radius 3 is 2.71 bits per heavy atom. The number of halogens is 1. The second-order valence-electron chi connectivity index (χ2n) is 6.74. The molecule has 2 N–H and O–H groups in total. The van der Waals surface area contributed by atoms with Gasteiger partial charge >= 0.3 is 0 Å². The lowest BCUT2D eigenvalue weighted by Gasteiger charge is -2.29. The van der Waals surface area contributed by atoms with Crippen LogP contribution in [0.3, 0.4) is 0 Å². The highest BCUT2D eigenvalue weighted by atomic mass is 79.9. The first-order valence-electron chi connectivity index (χ1n) is 8.77. The van der Waals surface area contributed by atoms with Crippen molar-refractivity contribution >= 4 is 45.2 Å². The van der Waals surface area contributed by atoms with Gasteiger partial charge in [-0.05, 0) is 42.3 Å². The van der Waals surface area contributed by atoms with E-state index in [4.69, 9.17) is 0 Å². The number of piperidine rings is 1. The lowest BCUT2D eigenvalue weighted by atomic mass is 10.0. The number of imide groups is 1. The van der Waals surface area contributed by atoms with Crippen LogP contribution in [0.4, 0.5) is 5.69 Å². The van der Waals surface area contributed by atoms with Gasteiger partial charge in [-0.2, -0.15) is 0 Å². The van der Waals surface area contributed by atoms with Gasteiger partial charge in [-0.3, -0.25) is 24.5 Å². The summed E-state index contributed by atoms with van der Waals surface area (Å²) in [4.78, 5) is 50.3. The third kappa shape index (κ3) is 3.43. The summed E-state index contributed by atoms with van der Waals surface area (Å²) in [6, 6.07) is 11.5. The summed E-state index contributed by atoms with van der Waals surface area (Å²) in [5, 5.41) is 5.07. The van der Waals surface area contributed by atoms with Crippen LogP contribution in [0, 0.1) is 0 Å². The Kier molecular flexibility index (Phi) is 4.72. The maximum Gasteiger partial charge on any atom is 0.255 e. The molecule has 2 aliphatic rings. The molecular formula is C20H16BrN3O4. The van der Waals surface area contributed by atoms with E-state index >= 15 is 0 Å². The summed E-state index contributed by atoms with van der Waals surface area (Å²) in [6.45, 7) is 0.286. The number of nitrogens with one attached hydrogen (secondary N) is 2. The number of rotatable bonds is 3. The SMILES string of the molecule is O=C1CCC(N2Cc3ccc(C(=O)Nc4cccc(Br)c4)cc3C2=O)C(=O)N1. The van der Waals surface area contributed by atoms with E-state index in [1.165, 1.54) is 4.90 Å². The summed E-state index contributed by atoms with van der Waals surface area (Å²) in [5.41, 5.74) is 2.16. The molecule has 8 heteroatoms. The minimum absolute atomic E-state index is 0.205. The number of hydrogen-bond donors (Lipinski definition) is 2. The second-order valence-corrected chi connectivity index (χ2v) is 7.65. The van der Waals surface area contributed by atoms with Gasteiger partial charge in [0, 0.05) is 34.3 Å². The molecule has 0 saturated carbocycles. The van der Waals surface area contributed by atoms with Gasteiger partial charge in [0.1, 0.15) is 6.04 Å². The van der Waals surface area contributed by atoms with Crippen LogP contribution < -0.4 is 10.6 Å². The number of anilines is 1. The first kappa shape index (κ1) is 18.4. The summed E-state index contributed by atoms with van der Waals surface area (Å²) < 4.78 is 0.842. The predicted octanol–water partition coefficient (Wildman–Crippen LogP) is 2.46. The predicted molar refractivity (Wildman–Crippen MR) is 105 cm³/mol. The molecule has 4 rings (SSSR count). The van der Waals surface area contributed by atoms with Crippen LogP contribution in [0.2, 0.25) is 0 Å². The highest BCUT2D eigenvalue weighted by Crippen LogP contribution is 2.28. The fraction of sp³-hybridized carbons (Fsp3) is 0.200. The van der Waals surface area contributed by atoms with Crippen molar-refractivity contribution in [2.24, 2.45) is 0 Å². The van der Waals surface area contributed by atoms with Crippen molar-refractivity contribution in [3.8, 4) is 0 Å². The van der Waals surface area contributed by atoms with Crippen LogP contribution in [0.25, 0.3) is 0 Å². The first-order valence-corrected chi connectivity index (χ1v) is 9.56. The highest BCUT2D eigenvalue weighted by Gasteiger charge is 2.39. The molecule has 7 nitrogen and oxygen atoms in total. The second kappa shape index (κ2) is 7.20. The Morgan fingerprint density at radius 1 is 1.14 bits per heavy atom. The number of carbonyl (C=O) groups excluding carboxylic acids is 4. The number of nitrogens with zero attached hydrogens (tertiary/aromatic N) is 1. The molecule has 2 aliphatic heterocycles. The smallest absolute Gasteiger partial charge is 0.255 e. The fourth-order valence-corrected chi connectivity index (χ4v) is 3.86. The van der Waals surface area contributed by atoms with Crippen LogP contribution in [0.5, 0.6) is 0 Å². The molecule has 142 valence electrons. The molecule has 0 radical (unpaired) electrons. The van der Waals surface area contributed by atoms with Gasteiger partial charge in [0.15, 0.2) is 0 Å². The summed E-state index contributed by atoms with van der Waals surface area (Å²) in [5.74, 6) is -1.41. The molecule has 0 aliphatic carbocycles. The Hall–Kier alpha value is -3.00. The maximum absolute atomic E-state index is 12.8. The van der Waals surface area contributed by atoms with E-state index < -0.39 is 11.9 Å². The largest absolute Gasteiger partial charge is 0.322 e. The van der Waals surface area contributed by atoms with Gasteiger partial charge < -0.3 is 10.2 Å². The van der Waals surface area contributed by atoms with E-state index in [0.29, 0.717) is 23.2 Å². The molecule has 28 heavy (non-hydrogen) atoms. The number of hydrogen-bond acceptors (Lipinski definition) is 4. The summed E-state index contributed by atoms with van der Waals surface area (Å²) in [7, 11) is 0. The van der Waals surface area contributed by atoms with E-state index in [1.807, 2.05) is 12.1 Å². The lowest BCUT2D eigenvalue weighted by molar-refractivity contribution is -0.136. The standard InChI is InChI=1S/C20H16BrN3O4/c21-13-2-1-3-14(9-13)22-18(26)11-4-5-12-10-24(20(28)15(12)8-11)16-6-7-17(25)23-19(16)27/h1-5,8-9,16H,6-7,10H2,(H,22,26)(H,23,25,27). The van der Waals surface area contributed by atoms with Gasteiger partial charge in [0.25, 0.3) is 11.8 Å². The minimum atomic E-state index is -0.670. The minimum Gasteiger partial charge on any atom is -0.322 e. The zero-order chi connectivity index (χ0) is 19.8.